The number of carbonyl (C=O) groups is 1. The van der Waals surface area contributed by atoms with E-state index < -0.39 is 4.92 Å². The van der Waals surface area contributed by atoms with Crippen molar-refractivity contribution in [3.05, 3.63) is 50.5 Å². The maximum Gasteiger partial charge on any atom is 0.282 e. The van der Waals surface area contributed by atoms with Gasteiger partial charge in [0.05, 0.1) is 4.92 Å². The number of piperidine rings is 1. The van der Waals surface area contributed by atoms with Gasteiger partial charge in [0.1, 0.15) is 11.4 Å². The molecular formula is C15H17N5O3S. The third kappa shape index (κ3) is 2.94. The Morgan fingerprint density at radius 2 is 2.04 bits per heavy atom. The molecule has 0 atom stereocenters. The van der Waals surface area contributed by atoms with Crippen LogP contribution in [0.5, 0.6) is 0 Å². The number of amides is 1. The van der Waals surface area contributed by atoms with Crippen molar-refractivity contribution in [3.8, 4) is 0 Å². The van der Waals surface area contributed by atoms with E-state index in [1.165, 1.54) is 12.1 Å². The Morgan fingerprint density at radius 3 is 2.62 bits per heavy atom. The first-order valence-corrected chi connectivity index (χ1v) is 8.04. The summed E-state index contributed by atoms with van der Waals surface area (Å²) < 4.78 is 2.42. The van der Waals surface area contributed by atoms with Crippen LogP contribution in [0.25, 0.3) is 0 Å². The van der Waals surface area contributed by atoms with E-state index in [1.54, 1.807) is 17.0 Å². The van der Waals surface area contributed by atoms with Gasteiger partial charge in [-0.2, -0.15) is 5.10 Å². The molecule has 1 amide bonds. The van der Waals surface area contributed by atoms with Crippen LogP contribution in [-0.4, -0.2) is 43.6 Å². The van der Waals surface area contributed by atoms with Crippen molar-refractivity contribution in [2.45, 2.75) is 18.8 Å². The summed E-state index contributed by atoms with van der Waals surface area (Å²) in [4.78, 5) is 24.9. The number of benzene rings is 1. The van der Waals surface area contributed by atoms with Crippen LogP contribution in [0.4, 0.5) is 5.69 Å². The minimum atomic E-state index is -0.519. The predicted octanol–water partition coefficient (Wildman–Crippen LogP) is 2.41. The molecule has 0 aliphatic carbocycles. The average Bonchev–Trinajstić information content (AvgIpc) is 2.93. The quantitative estimate of drug-likeness (QED) is 0.522. The van der Waals surface area contributed by atoms with Gasteiger partial charge in [0.15, 0.2) is 4.77 Å². The summed E-state index contributed by atoms with van der Waals surface area (Å²) in [5.41, 5.74) is -0.0156. The van der Waals surface area contributed by atoms with Crippen molar-refractivity contribution in [1.82, 2.24) is 19.7 Å². The Morgan fingerprint density at radius 1 is 1.38 bits per heavy atom. The van der Waals surface area contributed by atoms with Crippen molar-refractivity contribution in [3.63, 3.8) is 0 Å². The number of carbonyl (C=O) groups excluding carboxylic acids is 1. The second kappa shape index (κ2) is 6.52. The first kappa shape index (κ1) is 16.3. The van der Waals surface area contributed by atoms with Gasteiger partial charge in [0.2, 0.25) is 0 Å². The van der Waals surface area contributed by atoms with Crippen molar-refractivity contribution < 1.29 is 9.72 Å². The molecule has 1 N–H and O–H groups in total. The average molecular weight is 347 g/mol. The third-order valence-electron chi connectivity index (χ3n) is 4.39. The molecule has 2 heterocycles. The van der Waals surface area contributed by atoms with Crippen molar-refractivity contribution in [2.24, 2.45) is 7.05 Å². The Hall–Kier alpha value is -2.55. The largest absolute Gasteiger partial charge is 0.338 e. The fourth-order valence-corrected chi connectivity index (χ4v) is 3.19. The van der Waals surface area contributed by atoms with E-state index in [0.29, 0.717) is 17.9 Å². The molecule has 0 bridgehead atoms. The smallest absolute Gasteiger partial charge is 0.282 e. The van der Waals surface area contributed by atoms with Gasteiger partial charge in [-0.15, -0.1) is 0 Å². The molecule has 1 aliphatic heterocycles. The van der Waals surface area contributed by atoms with Crippen LogP contribution in [0, 0.1) is 14.9 Å². The van der Waals surface area contributed by atoms with E-state index in [9.17, 15) is 14.9 Å². The predicted molar refractivity (Wildman–Crippen MR) is 89.4 cm³/mol. The van der Waals surface area contributed by atoms with E-state index in [-0.39, 0.29) is 23.1 Å². The molecule has 0 saturated carbocycles. The highest BCUT2D eigenvalue weighted by Gasteiger charge is 2.29. The molecule has 1 saturated heterocycles. The van der Waals surface area contributed by atoms with Gasteiger partial charge in [0, 0.05) is 32.1 Å². The zero-order chi connectivity index (χ0) is 17.3. The summed E-state index contributed by atoms with van der Waals surface area (Å²) in [6.45, 7) is 1.07. The fourth-order valence-electron chi connectivity index (χ4n) is 3.05. The number of para-hydroxylation sites is 1. The summed E-state index contributed by atoms with van der Waals surface area (Å²) in [7, 11) is 1.87. The molecule has 0 spiro atoms. The highest BCUT2D eigenvalue weighted by atomic mass is 32.1. The van der Waals surface area contributed by atoms with Crippen LogP contribution in [-0.2, 0) is 7.05 Å². The van der Waals surface area contributed by atoms with E-state index in [1.807, 2.05) is 11.6 Å². The summed E-state index contributed by atoms with van der Waals surface area (Å²) in [5.74, 6) is 0.812. The lowest BCUT2D eigenvalue weighted by Crippen LogP contribution is -2.38. The van der Waals surface area contributed by atoms with E-state index in [4.69, 9.17) is 12.2 Å². The molecule has 1 aromatic carbocycles. The molecule has 24 heavy (non-hydrogen) atoms. The molecule has 1 aromatic heterocycles. The second-order valence-electron chi connectivity index (χ2n) is 5.79. The van der Waals surface area contributed by atoms with Gasteiger partial charge in [-0.25, -0.2) is 0 Å². The number of hydrogen-bond acceptors (Lipinski definition) is 5. The monoisotopic (exact) mass is 347 g/mol. The van der Waals surface area contributed by atoms with Gasteiger partial charge >= 0.3 is 0 Å². The lowest BCUT2D eigenvalue weighted by molar-refractivity contribution is -0.385. The van der Waals surface area contributed by atoms with Crippen molar-refractivity contribution in [2.75, 3.05) is 13.1 Å². The maximum absolute atomic E-state index is 12.6. The van der Waals surface area contributed by atoms with Crippen LogP contribution < -0.4 is 0 Å². The number of rotatable bonds is 3. The van der Waals surface area contributed by atoms with Crippen LogP contribution in [0.1, 0.15) is 34.9 Å². The Bertz CT molecular complexity index is 836. The van der Waals surface area contributed by atoms with E-state index in [0.717, 1.165) is 18.7 Å². The first-order valence-electron chi connectivity index (χ1n) is 7.63. The van der Waals surface area contributed by atoms with Gasteiger partial charge in [-0.3, -0.25) is 20.0 Å². The normalized spacial score (nSPS) is 15.5. The number of nitrogens with one attached hydrogen (secondary N) is 1. The molecule has 1 aliphatic rings. The minimum absolute atomic E-state index is 0.138. The number of nitrogens with zero attached hydrogens (tertiary/aromatic N) is 4. The molecule has 8 nitrogen and oxygen atoms in total. The highest BCUT2D eigenvalue weighted by molar-refractivity contribution is 7.71. The Balaban J connectivity index is 1.73. The zero-order valence-electron chi connectivity index (χ0n) is 13.1. The minimum Gasteiger partial charge on any atom is -0.338 e. The second-order valence-corrected chi connectivity index (χ2v) is 6.17. The molecule has 2 aromatic rings. The molecule has 1 fully saturated rings. The first-order chi connectivity index (χ1) is 11.5. The van der Waals surface area contributed by atoms with Crippen molar-refractivity contribution >= 4 is 23.8 Å². The van der Waals surface area contributed by atoms with Crippen LogP contribution in [0.2, 0.25) is 0 Å². The number of nitro benzene ring substituents is 1. The van der Waals surface area contributed by atoms with E-state index in [2.05, 4.69) is 10.2 Å². The number of aromatic amines is 1. The van der Waals surface area contributed by atoms with Crippen LogP contribution in [0.3, 0.4) is 0 Å². The van der Waals surface area contributed by atoms with Gasteiger partial charge in [0.25, 0.3) is 11.6 Å². The molecule has 9 heteroatoms. The van der Waals surface area contributed by atoms with Gasteiger partial charge < -0.3 is 9.47 Å². The molecule has 0 unspecified atom stereocenters. The topological polar surface area (TPSA) is 97.1 Å². The summed E-state index contributed by atoms with van der Waals surface area (Å²) in [6, 6.07) is 6.06. The number of likely N-dealkylation sites (tertiary alicyclic amines) is 1. The number of nitro groups is 1. The van der Waals surface area contributed by atoms with Crippen LogP contribution in [0.15, 0.2) is 24.3 Å². The number of hydrogen-bond donors (Lipinski definition) is 1. The maximum atomic E-state index is 12.6. The Labute approximate surface area is 143 Å². The molecule has 3 rings (SSSR count). The summed E-state index contributed by atoms with van der Waals surface area (Å²) >= 11 is 5.13. The van der Waals surface area contributed by atoms with Crippen molar-refractivity contribution in [1.29, 1.82) is 0 Å². The number of H-pyrrole nitrogens is 1. The van der Waals surface area contributed by atoms with E-state index >= 15 is 0 Å². The summed E-state index contributed by atoms with van der Waals surface area (Å²) in [6.07, 6.45) is 1.50. The molecule has 126 valence electrons. The fraction of sp³-hybridized carbons (Fsp3) is 0.400. The zero-order valence-corrected chi connectivity index (χ0v) is 14.0. The molecule has 0 radical (unpaired) electrons. The Kier molecular flexibility index (Phi) is 4.43. The van der Waals surface area contributed by atoms with Gasteiger partial charge in [-0.05, 0) is 31.1 Å². The standard InChI is InChI=1S/C15H17N5O3S/c1-18-13(16-17-15(18)24)10-6-8-19(9-7-10)14(21)11-4-2-3-5-12(11)20(22)23/h2-5,10H,6-9H2,1H3,(H,17,24). The van der Waals surface area contributed by atoms with Crippen LogP contribution >= 0.6 is 12.2 Å². The highest BCUT2D eigenvalue weighted by Crippen LogP contribution is 2.28. The lowest BCUT2D eigenvalue weighted by Gasteiger charge is -2.31. The SMILES string of the molecule is Cn1c(C2CCN(C(=O)c3ccccc3[N+](=O)[O-])CC2)n[nH]c1=S. The van der Waals surface area contributed by atoms with Gasteiger partial charge in [-0.1, -0.05) is 12.1 Å². The lowest BCUT2D eigenvalue weighted by atomic mass is 9.95. The molecular weight excluding hydrogens is 330 g/mol. The third-order valence-corrected chi connectivity index (χ3v) is 4.76. The number of aromatic nitrogens is 3. The summed E-state index contributed by atoms with van der Waals surface area (Å²) in [5, 5.41) is 18.1.